The Hall–Kier alpha value is -0.673. The van der Waals surface area contributed by atoms with E-state index in [9.17, 15) is 0 Å². The van der Waals surface area contributed by atoms with E-state index in [0.717, 1.165) is 4.88 Å². The first-order valence-electron chi connectivity index (χ1n) is 2.70. The molecule has 1 aromatic rings. The Morgan fingerprint density at radius 3 is 2.91 bits per heavy atom. The summed E-state index contributed by atoms with van der Waals surface area (Å²) in [5, 5.41) is 10.1. The van der Waals surface area contributed by atoms with Crippen LogP contribution in [0, 0.1) is 11.3 Å². The molecule has 0 unspecified atom stereocenters. The fourth-order valence-corrected chi connectivity index (χ4v) is 1.21. The normalized spacial score (nSPS) is 9.91. The molecule has 50 valence electrons. The van der Waals surface area contributed by atoms with E-state index < -0.39 is 0 Å². The number of allylic oxidation sites excluding steroid dienone is 1. The Morgan fingerprint density at radius 1 is 1.73 bits per heavy atom. The number of hydrogen-bond acceptors (Lipinski definition) is 2. The Bertz CT molecular complexity index is 271. The van der Waals surface area contributed by atoms with Crippen molar-refractivity contribution in [3.05, 3.63) is 34.2 Å². The van der Waals surface area contributed by atoms with Crippen LogP contribution < -0.4 is 18.9 Å². The smallest absolute Gasteiger partial charge is 0.697 e. The van der Waals surface area contributed by atoms with Gasteiger partial charge in [-0.15, -0.1) is 17.0 Å². The molecule has 0 saturated heterocycles. The quantitative estimate of drug-likeness (QED) is 0.405. The zero-order valence-electron chi connectivity index (χ0n) is 6.16. The van der Waals surface area contributed by atoms with Gasteiger partial charge >= 0.3 is 18.9 Å². The van der Waals surface area contributed by atoms with Crippen LogP contribution in [-0.2, 0) is 0 Å². The molecule has 1 N–H and O–H groups in total. The maximum atomic E-state index is 8.19. The summed E-state index contributed by atoms with van der Waals surface area (Å²) < 4.78 is 0. The van der Waals surface area contributed by atoms with Crippen molar-refractivity contribution in [2.45, 2.75) is 0 Å². The van der Waals surface area contributed by atoms with Crippen LogP contribution >= 0.6 is 11.3 Å². The second-order valence-corrected chi connectivity index (χ2v) is 2.61. The minimum atomic E-state index is 0. The molecule has 0 aromatic carbocycles. The van der Waals surface area contributed by atoms with E-state index in [1.165, 1.54) is 17.4 Å². The van der Waals surface area contributed by atoms with Gasteiger partial charge in [-0.25, -0.2) is 0 Å². The van der Waals surface area contributed by atoms with E-state index >= 15 is 0 Å². The van der Waals surface area contributed by atoms with Crippen LogP contribution in [0.3, 0.4) is 0 Å². The number of nitriles is 1. The predicted molar refractivity (Wildman–Crippen MR) is 42.2 cm³/mol. The molecule has 0 aliphatic heterocycles. The summed E-state index contributed by atoms with van der Waals surface area (Å²) >= 11 is 1.46. The number of rotatable bonds is 1. The topological polar surface area (TPSA) is 47.6 Å². The van der Waals surface area contributed by atoms with E-state index in [4.69, 9.17) is 11.0 Å². The Kier molecular flexibility index (Phi) is 4.73. The summed E-state index contributed by atoms with van der Waals surface area (Å²) in [6.45, 7) is 0. The van der Waals surface area contributed by atoms with E-state index in [1.54, 1.807) is 0 Å². The molecule has 0 aliphatic carbocycles. The molecule has 2 nitrogen and oxygen atoms in total. The van der Waals surface area contributed by atoms with Crippen molar-refractivity contribution < 1.29 is 18.9 Å². The van der Waals surface area contributed by atoms with Crippen molar-refractivity contribution in [1.82, 2.24) is 0 Å². The van der Waals surface area contributed by atoms with Crippen LogP contribution in [0.5, 0.6) is 0 Å². The number of nitrogens with one attached hydrogen (secondary N) is 1. The molecule has 1 rings (SSSR count). The molecule has 11 heavy (non-hydrogen) atoms. The van der Waals surface area contributed by atoms with Gasteiger partial charge in [0.2, 0.25) is 0 Å². The average molecular weight is 156 g/mol. The van der Waals surface area contributed by atoms with Crippen LogP contribution in [-0.4, -0.2) is 0 Å². The molecule has 0 aliphatic rings. The van der Waals surface area contributed by atoms with Crippen molar-refractivity contribution in [3.63, 3.8) is 0 Å². The molecule has 0 bridgehead atoms. The molecule has 0 spiro atoms. The third-order valence-electron chi connectivity index (χ3n) is 0.996. The van der Waals surface area contributed by atoms with E-state index in [2.05, 4.69) is 0 Å². The fourth-order valence-electron chi connectivity index (χ4n) is 0.567. The molecule has 4 heteroatoms. The summed E-state index contributed by atoms with van der Waals surface area (Å²) in [6.07, 6.45) is 1.23. The Labute approximate surface area is 81.5 Å². The van der Waals surface area contributed by atoms with Crippen molar-refractivity contribution >= 4 is 17.0 Å². The van der Waals surface area contributed by atoms with Gasteiger partial charge in [-0.2, -0.15) is 5.26 Å². The number of thiophene rings is 1. The fraction of sp³-hybridized carbons (Fsp3) is 0. The predicted octanol–water partition coefficient (Wildman–Crippen LogP) is -0.331. The first-order chi connectivity index (χ1) is 4.84. The van der Waals surface area contributed by atoms with Gasteiger partial charge in [0.1, 0.15) is 0 Å². The monoisotopic (exact) mass is 156 g/mol. The first kappa shape index (κ1) is 10.3. The van der Waals surface area contributed by atoms with Gasteiger partial charge in [0.25, 0.3) is 0 Å². The van der Waals surface area contributed by atoms with Crippen LogP contribution in [0.25, 0.3) is 11.4 Å². The summed E-state index contributed by atoms with van der Waals surface area (Å²) in [4.78, 5) is 0.835. The minimum absolute atomic E-state index is 0. The van der Waals surface area contributed by atoms with Gasteiger partial charge < -0.3 is 5.73 Å². The maximum Gasteiger partial charge on any atom is 1.00 e. The molecule has 0 fully saturated rings. The van der Waals surface area contributed by atoms with Crippen LogP contribution in [0.15, 0.2) is 23.6 Å². The average Bonchev–Trinajstić information content (AvgIpc) is 2.38. The second kappa shape index (κ2) is 5.04. The molecule has 1 aromatic heterocycles. The minimum Gasteiger partial charge on any atom is -0.697 e. The zero-order chi connectivity index (χ0) is 7.40. The summed E-state index contributed by atoms with van der Waals surface area (Å²) in [7, 11) is 0. The molecule has 0 radical (unpaired) electrons. The second-order valence-electron chi connectivity index (χ2n) is 1.66. The third-order valence-corrected chi connectivity index (χ3v) is 1.90. The third kappa shape index (κ3) is 2.82. The maximum absolute atomic E-state index is 8.19. The zero-order valence-corrected chi connectivity index (χ0v) is 6.98. The van der Waals surface area contributed by atoms with Gasteiger partial charge in [0, 0.05) is 11.0 Å². The van der Waals surface area contributed by atoms with E-state index in [-0.39, 0.29) is 24.6 Å². The Morgan fingerprint density at radius 2 is 2.45 bits per heavy atom. The van der Waals surface area contributed by atoms with Crippen molar-refractivity contribution in [3.8, 4) is 6.07 Å². The molecule has 0 atom stereocenters. The summed E-state index contributed by atoms with van der Waals surface area (Å²) in [5.74, 6) is 0. The molecule has 1 heterocycles. The summed E-state index contributed by atoms with van der Waals surface area (Å²) in [6, 6.07) is 5.49. The first-order valence-corrected chi connectivity index (χ1v) is 3.58. The molecular formula is C7H5LiN2S. The number of hydrogen-bond donors (Lipinski definition) is 0. The van der Waals surface area contributed by atoms with Crippen molar-refractivity contribution in [2.24, 2.45) is 0 Å². The largest absolute Gasteiger partial charge is 1.00 e. The van der Waals surface area contributed by atoms with Gasteiger partial charge in [-0.05, 0) is 11.4 Å². The van der Waals surface area contributed by atoms with Crippen molar-refractivity contribution in [2.75, 3.05) is 0 Å². The molecule has 0 saturated carbocycles. The van der Waals surface area contributed by atoms with Crippen LogP contribution in [0.1, 0.15) is 4.88 Å². The van der Waals surface area contributed by atoms with Gasteiger partial charge in [0.05, 0.1) is 6.07 Å². The van der Waals surface area contributed by atoms with Gasteiger partial charge in [0.15, 0.2) is 0 Å². The van der Waals surface area contributed by atoms with Crippen LogP contribution in [0.4, 0.5) is 0 Å². The van der Waals surface area contributed by atoms with E-state index in [0.29, 0.717) is 0 Å². The van der Waals surface area contributed by atoms with Crippen LogP contribution in [0.2, 0.25) is 0 Å². The van der Waals surface area contributed by atoms with Gasteiger partial charge in [-0.1, -0.05) is 6.07 Å². The van der Waals surface area contributed by atoms with E-state index in [1.807, 2.05) is 23.6 Å². The molecular weight excluding hydrogens is 151 g/mol. The number of nitrogens with zero attached hydrogens (tertiary/aromatic N) is 1. The Balaban J connectivity index is 0.000001000. The van der Waals surface area contributed by atoms with Crippen molar-refractivity contribution in [1.29, 1.82) is 5.26 Å². The molecule has 0 amide bonds. The van der Waals surface area contributed by atoms with Gasteiger partial charge in [-0.3, -0.25) is 0 Å². The summed E-state index contributed by atoms with van der Waals surface area (Å²) in [5.41, 5.74) is 7.57. The SMILES string of the molecule is N#C/C=C(/[NH-])c1cccs1.[Li+]. The standard InChI is InChI=1S/C7H5N2S.Li/c8-4-3-6(9)7-2-1-5-10-7;/h1-3,5,9H;/q-1;+1/b6-3+;.